The molecule has 0 amide bonds. The molecule has 1 aromatic carbocycles. The summed E-state index contributed by atoms with van der Waals surface area (Å²) in [4.78, 5) is 2.76. The number of nitrogens with zero attached hydrogens (tertiary/aromatic N) is 1. The summed E-state index contributed by atoms with van der Waals surface area (Å²) in [5.74, 6) is 0.864. The van der Waals surface area contributed by atoms with Crippen LogP contribution in [0.25, 0.3) is 0 Å². The number of aryl methyl sites for hydroxylation is 3. The summed E-state index contributed by atoms with van der Waals surface area (Å²) in [5.41, 5.74) is 6.04. The number of nitrogens with one attached hydrogen (secondary N) is 1. The van der Waals surface area contributed by atoms with Crippen molar-refractivity contribution in [3.8, 4) is 0 Å². The minimum Gasteiger partial charge on any atom is -0.314 e. The summed E-state index contributed by atoms with van der Waals surface area (Å²) in [7, 11) is 0. The van der Waals surface area contributed by atoms with Gasteiger partial charge in [-0.15, -0.1) is 24.8 Å². The van der Waals surface area contributed by atoms with E-state index in [1.54, 1.807) is 5.56 Å². The molecule has 4 heteroatoms. The zero-order chi connectivity index (χ0) is 14.8. The third-order valence-electron chi connectivity index (χ3n) is 5.43. The zero-order valence-corrected chi connectivity index (χ0v) is 16.4. The molecule has 2 nitrogen and oxygen atoms in total. The Morgan fingerprint density at radius 1 is 0.957 bits per heavy atom. The topological polar surface area (TPSA) is 15.3 Å². The van der Waals surface area contributed by atoms with Crippen molar-refractivity contribution in [3.63, 3.8) is 0 Å². The fourth-order valence-electron chi connectivity index (χ4n) is 4.61. The molecule has 0 bridgehead atoms. The molecule has 1 saturated heterocycles. The van der Waals surface area contributed by atoms with Crippen LogP contribution in [0.5, 0.6) is 0 Å². The predicted octanol–water partition coefficient (Wildman–Crippen LogP) is 4.59. The minimum absolute atomic E-state index is 0. The Morgan fingerprint density at radius 3 is 2.00 bits per heavy atom. The molecule has 2 aliphatic rings. The van der Waals surface area contributed by atoms with Crippen molar-refractivity contribution >= 4 is 24.8 Å². The van der Waals surface area contributed by atoms with Crippen LogP contribution in [0.4, 0.5) is 0 Å². The van der Waals surface area contributed by atoms with Gasteiger partial charge in [0.05, 0.1) is 0 Å². The number of benzene rings is 1. The third kappa shape index (κ3) is 4.63. The number of halogens is 2. The molecule has 0 spiro atoms. The zero-order valence-electron chi connectivity index (χ0n) is 14.7. The molecule has 1 aliphatic carbocycles. The van der Waals surface area contributed by atoms with Crippen LogP contribution in [0.15, 0.2) is 12.1 Å². The van der Waals surface area contributed by atoms with Gasteiger partial charge in [0, 0.05) is 32.2 Å². The van der Waals surface area contributed by atoms with Crippen molar-refractivity contribution in [1.29, 1.82) is 0 Å². The highest BCUT2D eigenvalue weighted by Gasteiger charge is 2.33. The Morgan fingerprint density at radius 2 is 1.48 bits per heavy atom. The van der Waals surface area contributed by atoms with E-state index in [0.29, 0.717) is 6.04 Å². The maximum atomic E-state index is 3.51. The van der Waals surface area contributed by atoms with Gasteiger partial charge in [0.25, 0.3) is 0 Å². The number of hydrogen-bond donors (Lipinski definition) is 1. The Kier molecular flexibility index (Phi) is 8.37. The second-order valence-electron chi connectivity index (χ2n) is 7.09. The van der Waals surface area contributed by atoms with Crippen LogP contribution in [0.2, 0.25) is 0 Å². The first-order valence-electron chi connectivity index (χ1n) is 8.69. The van der Waals surface area contributed by atoms with Gasteiger partial charge in [0.15, 0.2) is 0 Å². The number of piperazine rings is 1. The molecule has 1 aromatic rings. The molecule has 0 radical (unpaired) electrons. The lowest BCUT2D eigenvalue weighted by Crippen LogP contribution is -2.47. The van der Waals surface area contributed by atoms with Crippen molar-refractivity contribution in [1.82, 2.24) is 10.2 Å². The van der Waals surface area contributed by atoms with Gasteiger partial charge in [0.2, 0.25) is 0 Å². The molecule has 0 aromatic heterocycles. The molecule has 1 aliphatic heterocycles. The molecular formula is C19H32Cl2N2. The van der Waals surface area contributed by atoms with E-state index in [4.69, 9.17) is 0 Å². The first-order chi connectivity index (χ1) is 10.2. The highest BCUT2D eigenvalue weighted by molar-refractivity contribution is 5.85. The van der Waals surface area contributed by atoms with Gasteiger partial charge in [-0.2, -0.15) is 0 Å². The first-order valence-corrected chi connectivity index (χ1v) is 8.69. The van der Waals surface area contributed by atoms with Crippen LogP contribution in [0, 0.1) is 26.7 Å². The molecule has 3 rings (SSSR count). The fraction of sp³-hybridized carbons (Fsp3) is 0.684. The molecule has 23 heavy (non-hydrogen) atoms. The second kappa shape index (κ2) is 9.27. The molecule has 132 valence electrons. The van der Waals surface area contributed by atoms with Gasteiger partial charge in [-0.05, 0) is 56.2 Å². The SMILES string of the molecule is Cc1cc(C)c([C@@H](C2CCCC2)N2CCNCC2)c(C)c1.Cl.Cl. The standard InChI is InChI=1S/C19H30N2.2ClH/c1-14-12-15(2)18(16(3)13-14)19(17-6-4-5-7-17)21-10-8-20-9-11-21;;/h12-13,17,19-20H,4-11H2,1-3H3;2*1H/t19-;;/m1../s1. The van der Waals surface area contributed by atoms with E-state index in [9.17, 15) is 0 Å². The van der Waals surface area contributed by atoms with E-state index < -0.39 is 0 Å². The van der Waals surface area contributed by atoms with Gasteiger partial charge >= 0.3 is 0 Å². The highest BCUT2D eigenvalue weighted by atomic mass is 35.5. The third-order valence-corrected chi connectivity index (χ3v) is 5.43. The Balaban J connectivity index is 0.00000132. The summed E-state index contributed by atoms with van der Waals surface area (Å²) in [6.07, 6.45) is 5.69. The van der Waals surface area contributed by atoms with Crippen LogP contribution in [0.1, 0.15) is 54.0 Å². The lowest BCUT2D eigenvalue weighted by Gasteiger charge is -2.40. The molecule has 1 atom stereocenters. The lowest BCUT2D eigenvalue weighted by atomic mass is 9.84. The van der Waals surface area contributed by atoms with Gasteiger partial charge in [0.1, 0.15) is 0 Å². The van der Waals surface area contributed by atoms with E-state index in [1.165, 1.54) is 55.5 Å². The maximum absolute atomic E-state index is 3.51. The highest BCUT2D eigenvalue weighted by Crippen LogP contribution is 2.42. The molecule has 1 heterocycles. The van der Waals surface area contributed by atoms with E-state index in [0.717, 1.165) is 19.0 Å². The van der Waals surface area contributed by atoms with Gasteiger partial charge in [-0.3, -0.25) is 4.90 Å². The lowest BCUT2D eigenvalue weighted by molar-refractivity contribution is 0.124. The van der Waals surface area contributed by atoms with Crippen molar-refractivity contribution in [3.05, 3.63) is 34.4 Å². The van der Waals surface area contributed by atoms with Crippen molar-refractivity contribution in [2.75, 3.05) is 26.2 Å². The van der Waals surface area contributed by atoms with Crippen molar-refractivity contribution in [2.24, 2.45) is 5.92 Å². The average molecular weight is 359 g/mol. The summed E-state index contributed by atoms with van der Waals surface area (Å²) >= 11 is 0. The predicted molar refractivity (Wildman–Crippen MR) is 104 cm³/mol. The summed E-state index contributed by atoms with van der Waals surface area (Å²) in [6.45, 7) is 11.6. The molecular weight excluding hydrogens is 327 g/mol. The van der Waals surface area contributed by atoms with Gasteiger partial charge in [-0.25, -0.2) is 0 Å². The Bertz CT molecular complexity index is 469. The number of rotatable bonds is 3. The largest absolute Gasteiger partial charge is 0.314 e. The van der Waals surface area contributed by atoms with E-state index in [1.807, 2.05) is 0 Å². The Labute approximate surface area is 154 Å². The molecule has 0 unspecified atom stereocenters. The van der Waals surface area contributed by atoms with E-state index in [-0.39, 0.29) is 24.8 Å². The van der Waals surface area contributed by atoms with Crippen LogP contribution >= 0.6 is 24.8 Å². The minimum atomic E-state index is 0. The van der Waals surface area contributed by atoms with Gasteiger partial charge in [-0.1, -0.05) is 30.5 Å². The van der Waals surface area contributed by atoms with Gasteiger partial charge < -0.3 is 5.32 Å². The monoisotopic (exact) mass is 358 g/mol. The first kappa shape index (κ1) is 20.8. The normalized spacial score (nSPS) is 20.7. The fourth-order valence-corrected chi connectivity index (χ4v) is 4.61. The van der Waals surface area contributed by atoms with E-state index in [2.05, 4.69) is 43.1 Å². The molecule has 2 fully saturated rings. The quantitative estimate of drug-likeness (QED) is 0.849. The van der Waals surface area contributed by atoms with Crippen molar-refractivity contribution in [2.45, 2.75) is 52.5 Å². The van der Waals surface area contributed by atoms with Crippen LogP contribution < -0.4 is 5.32 Å². The van der Waals surface area contributed by atoms with Crippen LogP contribution in [-0.4, -0.2) is 31.1 Å². The number of hydrogen-bond acceptors (Lipinski definition) is 2. The molecule has 1 saturated carbocycles. The maximum Gasteiger partial charge on any atom is 0.0382 e. The van der Waals surface area contributed by atoms with Crippen LogP contribution in [-0.2, 0) is 0 Å². The summed E-state index contributed by atoms with van der Waals surface area (Å²) < 4.78 is 0. The van der Waals surface area contributed by atoms with Crippen molar-refractivity contribution < 1.29 is 0 Å². The molecule has 1 N–H and O–H groups in total. The summed E-state index contributed by atoms with van der Waals surface area (Å²) in [6, 6.07) is 5.41. The summed E-state index contributed by atoms with van der Waals surface area (Å²) in [5, 5.41) is 3.51. The Hall–Kier alpha value is -0.280. The van der Waals surface area contributed by atoms with E-state index >= 15 is 0 Å². The average Bonchev–Trinajstić information content (AvgIpc) is 2.97. The second-order valence-corrected chi connectivity index (χ2v) is 7.09. The smallest absolute Gasteiger partial charge is 0.0382 e. The van der Waals surface area contributed by atoms with Crippen LogP contribution in [0.3, 0.4) is 0 Å².